The first-order valence-electron chi connectivity index (χ1n) is 9.52. The Bertz CT molecular complexity index is 1420. The Hall–Kier alpha value is -3.56. The van der Waals surface area contributed by atoms with E-state index >= 15 is 0 Å². The molecular weight excluding hydrogens is 430 g/mol. The molecule has 0 fully saturated rings. The van der Waals surface area contributed by atoms with Crippen LogP contribution in [0.5, 0.6) is 0 Å². The first kappa shape index (κ1) is 19.4. The number of nitrogens with zero attached hydrogens (tertiary/aromatic N) is 3. The third-order valence-corrected chi connectivity index (χ3v) is 6.46. The van der Waals surface area contributed by atoms with Crippen molar-refractivity contribution in [1.29, 1.82) is 0 Å². The van der Waals surface area contributed by atoms with Gasteiger partial charge in [0.1, 0.15) is 11.4 Å². The maximum absolute atomic E-state index is 13.0. The van der Waals surface area contributed by atoms with Gasteiger partial charge >= 0.3 is 0 Å². The molecule has 0 aliphatic carbocycles. The van der Waals surface area contributed by atoms with Crippen molar-refractivity contribution in [3.63, 3.8) is 0 Å². The molecular formula is C22H17N5O2S2. The summed E-state index contributed by atoms with van der Waals surface area (Å²) in [7, 11) is 1.58. The van der Waals surface area contributed by atoms with Crippen LogP contribution in [0, 0.1) is 0 Å². The van der Waals surface area contributed by atoms with Crippen molar-refractivity contribution in [2.24, 2.45) is 0 Å². The molecule has 4 heterocycles. The summed E-state index contributed by atoms with van der Waals surface area (Å²) in [5.41, 5.74) is 6.40. The van der Waals surface area contributed by atoms with Gasteiger partial charge in [-0.1, -0.05) is 6.07 Å². The number of carbonyl (C=O) groups is 2. The van der Waals surface area contributed by atoms with Crippen molar-refractivity contribution in [2.45, 2.75) is 6.54 Å². The van der Waals surface area contributed by atoms with Gasteiger partial charge in [0.25, 0.3) is 11.8 Å². The van der Waals surface area contributed by atoms with Crippen LogP contribution >= 0.6 is 22.7 Å². The van der Waals surface area contributed by atoms with E-state index in [1.165, 1.54) is 11.3 Å². The number of benzene rings is 1. The molecule has 0 saturated heterocycles. The predicted octanol–water partition coefficient (Wildman–Crippen LogP) is 3.96. The Kier molecular flexibility index (Phi) is 4.97. The molecule has 4 aromatic heterocycles. The van der Waals surface area contributed by atoms with Crippen LogP contribution in [0.4, 0.5) is 0 Å². The fraction of sp³-hybridized carbons (Fsp3) is 0.0909. The van der Waals surface area contributed by atoms with Gasteiger partial charge in [0.15, 0.2) is 5.65 Å². The summed E-state index contributed by atoms with van der Waals surface area (Å²) in [6.45, 7) is 0.383. The highest BCUT2D eigenvalue weighted by Crippen LogP contribution is 2.28. The molecule has 0 atom stereocenters. The molecule has 0 saturated carbocycles. The second kappa shape index (κ2) is 7.93. The van der Waals surface area contributed by atoms with Crippen LogP contribution in [0.15, 0.2) is 58.9 Å². The van der Waals surface area contributed by atoms with Gasteiger partial charge < -0.3 is 10.6 Å². The van der Waals surface area contributed by atoms with E-state index in [9.17, 15) is 9.59 Å². The highest BCUT2D eigenvalue weighted by molar-refractivity contribution is 7.16. The molecule has 154 valence electrons. The Morgan fingerprint density at radius 2 is 2.06 bits per heavy atom. The molecule has 5 rings (SSSR count). The maximum Gasteiger partial charge on any atom is 0.270 e. The van der Waals surface area contributed by atoms with Crippen LogP contribution in [-0.2, 0) is 6.54 Å². The average molecular weight is 448 g/mol. The molecule has 0 bridgehead atoms. The normalized spacial score (nSPS) is 11.1. The van der Waals surface area contributed by atoms with Gasteiger partial charge in [-0.05, 0) is 41.3 Å². The topological polar surface area (TPSA) is 88.4 Å². The van der Waals surface area contributed by atoms with Crippen molar-refractivity contribution in [3.05, 3.63) is 75.7 Å². The summed E-state index contributed by atoms with van der Waals surface area (Å²) >= 11 is 3.09. The SMILES string of the molecule is CNC(=O)c1c(-c2ccsc2)nc2c(C(=O)NCc3ccc4ncsc4c3)cccn12. The number of carbonyl (C=O) groups excluding carboxylic acids is 2. The fourth-order valence-electron chi connectivity index (χ4n) is 3.47. The van der Waals surface area contributed by atoms with E-state index in [1.807, 2.05) is 35.0 Å². The number of pyridine rings is 1. The smallest absolute Gasteiger partial charge is 0.270 e. The monoisotopic (exact) mass is 447 g/mol. The Morgan fingerprint density at radius 1 is 1.16 bits per heavy atom. The van der Waals surface area contributed by atoms with E-state index in [0.29, 0.717) is 29.1 Å². The highest BCUT2D eigenvalue weighted by atomic mass is 32.1. The van der Waals surface area contributed by atoms with E-state index in [1.54, 1.807) is 46.6 Å². The second-order valence-corrected chi connectivity index (χ2v) is 8.52. The molecule has 2 amide bonds. The van der Waals surface area contributed by atoms with E-state index in [4.69, 9.17) is 0 Å². The van der Waals surface area contributed by atoms with Crippen molar-refractivity contribution < 1.29 is 9.59 Å². The van der Waals surface area contributed by atoms with Crippen LogP contribution in [0.2, 0.25) is 0 Å². The van der Waals surface area contributed by atoms with E-state index in [0.717, 1.165) is 21.3 Å². The largest absolute Gasteiger partial charge is 0.354 e. The molecule has 0 aliphatic rings. The lowest BCUT2D eigenvalue weighted by Crippen LogP contribution is -2.24. The molecule has 2 N–H and O–H groups in total. The molecule has 0 aliphatic heterocycles. The summed E-state index contributed by atoms with van der Waals surface area (Å²) in [4.78, 5) is 34.6. The number of imidazole rings is 1. The fourth-order valence-corrected chi connectivity index (χ4v) is 4.85. The van der Waals surface area contributed by atoms with Crippen LogP contribution in [0.1, 0.15) is 26.4 Å². The number of aromatic nitrogens is 3. The zero-order valence-corrected chi connectivity index (χ0v) is 18.1. The van der Waals surface area contributed by atoms with Gasteiger partial charge in [0.05, 0.1) is 21.3 Å². The quantitative estimate of drug-likeness (QED) is 0.427. The first-order valence-corrected chi connectivity index (χ1v) is 11.3. The van der Waals surface area contributed by atoms with Gasteiger partial charge in [-0.15, -0.1) is 11.3 Å². The van der Waals surface area contributed by atoms with Gasteiger partial charge in [-0.25, -0.2) is 9.97 Å². The van der Waals surface area contributed by atoms with Crippen LogP contribution in [0.25, 0.3) is 27.1 Å². The number of fused-ring (bicyclic) bond motifs is 2. The predicted molar refractivity (Wildman–Crippen MR) is 123 cm³/mol. The lowest BCUT2D eigenvalue weighted by molar-refractivity contribution is 0.0944. The summed E-state index contributed by atoms with van der Waals surface area (Å²) < 4.78 is 2.75. The van der Waals surface area contributed by atoms with Crippen molar-refractivity contribution in [2.75, 3.05) is 7.05 Å². The van der Waals surface area contributed by atoms with Crippen LogP contribution < -0.4 is 10.6 Å². The summed E-state index contributed by atoms with van der Waals surface area (Å²) in [5.74, 6) is -0.510. The maximum atomic E-state index is 13.0. The molecule has 0 spiro atoms. The van der Waals surface area contributed by atoms with Gasteiger partial charge in [-0.3, -0.25) is 14.0 Å². The molecule has 1 aromatic carbocycles. The third kappa shape index (κ3) is 3.47. The number of hydrogen-bond donors (Lipinski definition) is 2. The number of hydrogen-bond acceptors (Lipinski definition) is 6. The van der Waals surface area contributed by atoms with Gasteiger partial charge in [0.2, 0.25) is 0 Å². The average Bonchev–Trinajstić information content (AvgIpc) is 3.55. The summed E-state index contributed by atoms with van der Waals surface area (Å²) in [5, 5.41) is 9.50. The number of thiophene rings is 1. The summed E-state index contributed by atoms with van der Waals surface area (Å²) in [6, 6.07) is 11.3. The zero-order valence-electron chi connectivity index (χ0n) is 16.5. The zero-order chi connectivity index (χ0) is 21.4. The number of amides is 2. The molecule has 7 nitrogen and oxygen atoms in total. The van der Waals surface area contributed by atoms with Crippen molar-refractivity contribution >= 4 is 50.4 Å². The minimum absolute atomic E-state index is 0.250. The first-order chi connectivity index (χ1) is 15.2. The Morgan fingerprint density at radius 3 is 2.87 bits per heavy atom. The number of nitrogens with one attached hydrogen (secondary N) is 2. The number of thiazole rings is 1. The third-order valence-electron chi connectivity index (χ3n) is 4.98. The molecule has 9 heteroatoms. The molecule has 0 radical (unpaired) electrons. The Balaban J connectivity index is 1.50. The van der Waals surface area contributed by atoms with Crippen LogP contribution in [-0.4, -0.2) is 33.2 Å². The molecule has 5 aromatic rings. The van der Waals surface area contributed by atoms with Crippen molar-refractivity contribution in [1.82, 2.24) is 25.0 Å². The van der Waals surface area contributed by atoms with Gasteiger partial charge in [-0.2, -0.15) is 11.3 Å². The minimum Gasteiger partial charge on any atom is -0.354 e. The lowest BCUT2D eigenvalue weighted by Gasteiger charge is -2.07. The Labute approximate surface area is 185 Å². The highest BCUT2D eigenvalue weighted by Gasteiger charge is 2.23. The van der Waals surface area contributed by atoms with E-state index < -0.39 is 0 Å². The number of rotatable bonds is 5. The second-order valence-electron chi connectivity index (χ2n) is 6.85. The molecule has 31 heavy (non-hydrogen) atoms. The lowest BCUT2D eigenvalue weighted by atomic mass is 10.2. The van der Waals surface area contributed by atoms with Gasteiger partial charge in [0, 0.05) is 30.7 Å². The standard InChI is InChI=1S/C22H17N5O2S2/c1-23-22(29)19-18(14-6-8-30-11-14)26-20-15(3-2-7-27(19)20)21(28)24-10-13-4-5-16-17(9-13)31-12-25-16/h2-9,11-12H,10H2,1H3,(H,23,29)(H,24,28). The van der Waals surface area contributed by atoms with Crippen molar-refractivity contribution in [3.8, 4) is 11.3 Å². The molecule has 0 unspecified atom stereocenters. The van der Waals surface area contributed by atoms with E-state index in [-0.39, 0.29) is 11.8 Å². The van der Waals surface area contributed by atoms with Crippen LogP contribution in [0.3, 0.4) is 0 Å². The summed E-state index contributed by atoms with van der Waals surface area (Å²) in [6.07, 6.45) is 1.75. The minimum atomic E-state index is -0.260. The van der Waals surface area contributed by atoms with E-state index in [2.05, 4.69) is 20.6 Å².